The van der Waals surface area contributed by atoms with Gasteiger partial charge in [-0.1, -0.05) is 0 Å². The largest absolute Gasteiger partial charge is 0.497 e. The molecular formula is C19H27ClN2O4. The third-order valence-electron chi connectivity index (χ3n) is 5.01. The van der Waals surface area contributed by atoms with E-state index in [4.69, 9.17) is 9.47 Å². The Bertz CT molecular complexity index is 594. The second kappa shape index (κ2) is 9.90. The summed E-state index contributed by atoms with van der Waals surface area (Å²) in [4.78, 5) is 26.9. The monoisotopic (exact) mass is 382 g/mol. The Morgan fingerprint density at radius 2 is 1.92 bits per heavy atom. The van der Waals surface area contributed by atoms with Crippen molar-refractivity contribution in [3.05, 3.63) is 29.8 Å². The van der Waals surface area contributed by atoms with Crippen LogP contribution in [0.5, 0.6) is 5.75 Å². The van der Waals surface area contributed by atoms with Crippen molar-refractivity contribution >= 4 is 24.1 Å². The smallest absolute Gasteiger partial charge is 0.224 e. The fourth-order valence-corrected chi connectivity index (χ4v) is 3.47. The summed E-state index contributed by atoms with van der Waals surface area (Å²) in [6, 6.07) is 7.36. The van der Waals surface area contributed by atoms with Crippen LogP contribution < -0.4 is 10.1 Å². The summed E-state index contributed by atoms with van der Waals surface area (Å²) in [5.41, 5.74) is 0.717. The molecular weight excluding hydrogens is 356 g/mol. The van der Waals surface area contributed by atoms with Crippen molar-refractivity contribution in [3.8, 4) is 5.75 Å². The molecule has 26 heavy (non-hydrogen) atoms. The van der Waals surface area contributed by atoms with Gasteiger partial charge >= 0.3 is 0 Å². The number of likely N-dealkylation sites (tertiary alicyclic amines) is 1. The highest BCUT2D eigenvalue weighted by atomic mass is 35.5. The van der Waals surface area contributed by atoms with Crippen molar-refractivity contribution in [2.75, 3.05) is 40.0 Å². The summed E-state index contributed by atoms with van der Waals surface area (Å²) in [7, 11) is 1.61. The molecule has 2 fully saturated rings. The van der Waals surface area contributed by atoms with E-state index >= 15 is 0 Å². The first kappa shape index (κ1) is 20.7. The summed E-state index contributed by atoms with van der Waals surface area (Å²) in [5, 5.41) is 3.31. The minimum atomic E-state index is -0.00594. The first-order valence-corrected chi connectivity index (χ1v) is 8.94. The molecule has 0 aromatic heterocycles. The van der Waals surface area contributed by atoms with Crippen molar-refractivity contribution in [2.24, 2.45) is 5.92 Å². The number of Topliss-reactive ketones (excluding diaryl/α,β-unsaturated/α-hetero) is 1. The second-order valence-corrected chi connectivity index (χ2v) is 6.68. The summed E-state index contributed by atoms with van der Waals surface area (Å²) >= 11 is 0. The molecule has 1 aromatic carbocycles. The fraction of sp³-hybridized carbons (Fsp3) is 0.579. The van der Waals surface area contributed by atoms with Gasteiger partial charge < -0.3 is 19.7 Å². The number of benzene rings is 1. The van der Waals surface area contributed by atoms with Crippen molar-refractivity contribution in [2.45, 2.75) is 25.3 Å². The topological polar surface area (TPSA) is 67.9 Å². The molecule has 1 N–H and O–H groups in total. The molecule has 1 unspecified atom stereocenters. The first-order valence-electron chi connectivity index (χ1n) is 8.94. The average molecular weight is 383 g/mol. The van der Waals surface area contributed by atoms with Crippen molar-refractivity contribution in [1.29, 1.82) is 0 Å². The van der Waals surface area contributed by atoms with E-state index in [2.05, 4.69) is 5.32 Å². The lowest BCUT2D eigenvalue weighted by Crippen LogP contribution is -2.47. The molecule has 0 bridgehead atoms. The molecule has 0 spiro atoms. The number of morpholine rings is 1. The van der Waals surface area contributed by atoms with Crippen LogP contribution in [0.1, 0.15) is 29.6 Å². The highest BCUT2D eigenvalue weighted by molar-refractivity contribution is 5.98. The van der Waals surface area contributed by atoms with Crippen LogP contribution >= 0.6 is 12.4 Å². The Labute approximate surface area is 160 Å². The zero-order valence-electron chi connectivity index (χ0n) is 15.1. The second-order valence-electron chi connectivity index (χ2n) is 6.68. The zero-order chi connectivity index (χ0) is 17.6. The van der Waals surface area contributed by atoms with E-state index in [1.54, 1.807) is 7.11 Å². The minimum Gasteiger partial charge on any atom is -0.497 e. The van der Waals surface area contributed by atoms with E-state index in [-0.39, 0.29) is 36.1 Å². The molecule has 2 aliphatic rings. The molecule has 1 aromatic rings. The number of nitrogens with zero attached hydrogens (tertiary/aromatic N) is 1. The van der Waals surface area contributed by atoms with Crippen LogP contribution in [0.2, 0.25) is 0 Å². The first-order chi connectivity index (χ1) is 12.2. The van der Waals surface area contributed by atoms with Gasteiger partial charge in [0.05, 0.1) is 20.3 Å². The van der Waals surface area contributed by atoms with Crippen LogP contribution in [0.25, 0.3) is 0 Å². The summed E-state index contributed by atoms with van der Waals surface area (Å²) in [6.45, 7) is 3.41. The van der Waals surface area contributed by atoms with Crippen LogP contribution in [0.3, 0.4) is 0 Å². The normalized spacial score (nSPS) is 21.0. The Balaban J connectivity index is 0.00000243. The van der Waals surface area contributed by atoms with Gasteiger partial charge in [0.1, 0.15) is 5.75 Å². The van der Waals surface area contributed by atoms with Crippen LogP contribution in [0, 0.1) is 5.92 Å². The molecule has 2 heterocycles. The molecule has 7 heteroatoms. The van der Waals surface area contributed by atoms with Gasteiger partial charge in [0.2, 0.25) is 5.91 Å². The number of ketones is 1. The quantitative estimate of drug-likeness (QED) is 0.788. The van der Waals surface area contributed by atoms with Crippen LogP contribution in [-0.2, 0) is 9.53 Å². The third-order valence-corrected chi connectivity index (χ3v) is 5.01. The number of ether oxygens (including phenoxy) is 2. The summed E-state index contributed by atoms with van der Waals surface area (Å²) in [5.74, 6) is 1.06. The summed E-state index contributed by atoms with van der Waals surface area (Å²) in [6.07, 6.45) is 1.92. The highest BCUT2D eigenvalue weighted by Gasteiger charge is 2.29. The Hall–Kier alpha value is -1.63. The molecule has 3 rings (SSSR count). The Kier molecular flexibility index (Phi) is 7.87. The van der Waals surface area contributed by atoms with Gasteiger partial charge in [-0.05, 0) is 37.1 Å². The van der Waals surface area contributed by atoms with Gasteiger partial charge in [0.25, 0.3) is 0 Å². The number of halogens is 1. The predicted octanol–water partition coefficient (Wildman–Crippen LogP) is 1.92. The number of hydrogen-bond donors (Lipinski definition) is 1. The summed E-state index contributed by atoms with van der Waals surface area (Å²) < 4.78 is 10.5. The number of rotatable bonds is 5. The van der Waals surface area contributed by atoms with Gasteiger partial charge in [0.15, 0.2) is 5.78 Å². The number of carbonyl (C=O) groups is 2. The molecule has 1 atom stereocenters. The van der Waals surface area contributed by atoms with Gasteiger partial charge in [-0.25, -0.2) is 0 Å². The molecule has 2 saturated heterocycles. The number of nitrogens with one attached hydrogen (secondary N) is 1. The van der Waals surface area contributed by atoms with Gasteiger partial charge in [-0.3, -0.25) is 9.59 Å². The van der Waals surface area contributed by atoms with Crippen molar-refractivity contribution in [3.63, 3.8) is 0 Å². The molecule has 0 aliphatic carbocycles. The molecule has 144 valence electrons. The number of hydrogen-bond acceptors (Lipinski definition) is 5. The maximum Gasteiger partial charge on any atom is 0.224 e. The molecule has 6 nitrogen and oxygen atoms in total. The Morgan fingerprint density at radius 3 is 2.50 bits per heavy atom. The maximum absolute atomic E-state index is 12.6. The molecule has 0 saturated carbocycles. The fourth-order valence-electron chi connectivity index (χ4n) is 3.47. The van der Waals surface area contributed by atoms with E-state index in [0.717, 1.165) is 25.1 Å². The lowest BCUT2D eigenvalue weighted by Gasteiger charge is -2.33. The van der Waals surface area contributed by atoms with Crippen LogP contribution in [-0.4, -0.2) is 62.6 Å². The molecule has 2 aliphatic heterocycles. The molecule has 1 amide bonds. The minimum absolute atomic E-state index is 0. The lowest BCUT2D eigenvalue weighted by molar-refractivity contribution is -0.133. The Morgan fingerprint density at radius 1 is 1.23 bits per heavy atom. The number of carbonyl (C=O) groups excluding carboxylic acids is 2. The van der Waals surface area contributed by atoms with Crippen molar-refractivity contribution in [1.82, 2.24) is 10.2 Å². The van der Waals surface area contributed by atoms with Gasteiger partial charge in [0, 0.05) is 43.6 Å². The highest BCUT2D eigenvalue weighted by Crippen LogP contribution is 2.23. The SMILES string of the molecule is COc1ccc(C(=O)C2CCN(C(=O)CC3COCCN3)CC2)cc1.Cl. The van der Waals surface area contributed by atoms with E-state index in [0.29, 0.717) is 38.3 Å². The number of piperidine rings is 1. The average Bonchev–Trinajstić information content (AvgIpc) is 2.68. The lowest BCUT2D eigenvalue weighted by atomic mass is 9.88. The number of methoxy groups -OCH3 is 1. The third kappa shape index (κ3) is 5.19. The predicted molar refractivity (Wildman–Crippen MR) is 101 cm³/mol. The van der Waals surface area contributed by atoms with Crippen LogP contribution in [0.4, 0.5) is 0 Å². The molecule has 0 radical (unpaired) electrons. The van der Waals surface area contributed by atoms with E-state index in [1.807, 2.05) is 29.2 Å². The zero-order valence-corrected chi connectivity index (χ0v) is 15.9. The van der Waals surface area contributed by atoms with Gasteiger partial charge in [-0.15, -0.1) is 12.4 Å². The standard InChI is InChI=1S/C19H26N2O4.ClH/c1-24-17-4-2-14(3-5-17)19(23)15-6-9-21(10-7-15)18(22)12-16-13-25-11-8-20-16;/h2-5,15-16,20H,6-13H2,1H3;1H. The van der Waals surface area contributed by atoms with Gasteiger partial charge in [-0.2, -0.15) is 0 Å². The van der Waals surface area contributed by atoms with Crippen molar-refractivity contribution < 1.29 is 19.1 Å². The van der Waals surface area contributed by atoms with E-state index in [9.17, 15) is 9.59 Å². The van der Waals surface area contributed by atoms with E-state index in [1.165, 1.54) is 0 Å². The van der Waals surface area contributed by atoms with Crippen LogP contribution in [0.15, 0.2) is 24.3 Å². The van der Waals surface area contributed by atoms with E-state index < -0.39 is 0 Å². The number of amides is 1. The maximum atomic E-state index is 12.6.